The van der Waals surface area contributed by atoms with Crippen LogP contribution in [-0.4, -0.2) is 66.5 Å². The van der Waals surface area contributed by atoms with Crippen molar-refractivity contribution in [1.29, 1.82) is 0 Å². The third-order valence-electron chi connectivity index (χ3n) is 0.492. The molecule has 0 aliphatic rings. The van der Waals surface area contributed by atoms with Crippen molar-refractivity contribution in [3.05, 3.63) is 0 Å². The van der Waals surface area contributed by atoms with Crippen molar-refractivity contribution in [2.45, 2.75) is 0 Å². The molecule has 0 aromatic rings. The zero-order valence-electron chi connectivity index (χ0n) is 4.23. The molecule has 0 saturated heterocycles. The van der Waals surface area contributed by atoms with E-state index in [1.165, 1.54) is 0 Å². The van der Waals surface area contributed by atoms with Gasteiger partial charge in [0.2, 0.25) is 0 Å². The zero-order valence-corrected chi connectivity index (χ0v) is 6.23. The van der Waals surface area contributed by atoms with E-state index < -0.39 is 0 Å². The van der Waals surface area contributed by atoms with Crippen LogP contribution in [0.5, 0.6) is 0 Å². The van der Waals surface area contributed by atoms with E-state index in [9.17, 15) is 0 Å². The van der Waals surface area contributed by atoms with E-state index in [0.717, 1.165) is 29.8 Å². The van der Waals surface area contributed by atoms with Crippen molar-refractivity contribution in [2.75, 3.05) is 20.3 Å². The molecule has 0 fully saturated rings. The average Bonchev–Trinajstić information content (AvgIpc) is 1.61. The van der Waals surface area contributed by atoms with Crippen LogP contribution in [0.15, 0.2) is 0 Å². The van der Waals surface area contributed by atoms with Crippen LogP contribution in [0.25, 0.3) is 0 Å². The predicted molar refractivity (Wildman–Crippen MR) is 33.5 cm³/mol. The van der Waals surface area contributed by atoms with E-state index in [0.29, 0.717) is 0 Å². The van der Waals surface area contributed by atoms with Crippen LogP contribution >= 0.6 is 0 Å². The van der Waals surface area contributed by atoms with Crippen molar-refractivity contribution < 1.29 is 8.53 Å². The van der Waals surface area contributed by atoms with E-state index in [2.05, 4.69) is 4.74 Å². The van der Waals surface area contributed by atoms with Crippen molar-refractivity contribution in [3.8, 4) is 0 Å². The molecule has 0 unspecified atom stereocenters. The summed E-state index contributed by atoms with van der Waals surface area (Å²) in [5.74, 6) is 0. The predicted octanol–water partition coefficient (Wildman–Crippen LogP) is -1.45. The SMILES string of the molecule is COCC[O][AlH2].[NaH]. The van der Waals surface area contributed by atoms with E-state index in [-0.39, 0.29) is 29.6 Å². The molecular formula is C3H10AlNaO2. The van der Waals surface area contributed by atoms with Gasteiger partial charge in [-0.25, -0.2) is 0 Å². The minimum atomic E-state index is 0. The Labute approximate surface area is 74.6 Å². The Bertz CT molecular complexity index is 24.9. The molecule has 0 aliphatic carbocycles. The summed E-state index contributed by atoms with van der Waals surface area (Å²) in [5.41, 5.74) is 0. The number of hydrogen-bond acceptors (Lipinski definition) is 2. The third-order valence-corrected chi connectivity index (χ3v) is 0.900. The summed E-state index contributed by atoms with van der Waals surface area (Å²) in [7, 11) is 1.67. The van der Waals surface area contributed by atoms with Gasteiger partial charge in [0.1, 0.15) is 0 Å². The number of ether oxygens (including phenoxy) is 1. The van der Waals surface area contributed by atoms with Gasteiger partial charge in [-0.1, -0.05) is 0 Å². The molecule has 0 heterocycles. The number of rotatable bonds is 3. The maximum atomic E-state index is 4.80. The van der Waals surface area contributed by atoms with Crippen LogP contribution in [0.3, 0.4) is 0 Å². The Kier molecular flexibility index (Phi) is 16.8. The van der Waals surface area contributed by atoms with E-state index >= 15 is 0 Å². The van der Waals surface area contributed by atoms with Crippen molar-refractivity contribution >= 4 is 46.2 Å². The first-order valence-corrected chi connectivity index (χ1v) is 2.71. The molecule has 7 heavy (non-hydrogen) atoms. The second-order valence-electron chi connectivity index (χ2n) is 0.986. The summed E-state index contributed by atoms with van der Waals surface area (Å²) >= 11 is 0.823. The molecule has 2 nitrogen and oxygen atoms in total. The van der Waals surface area contributed by atoms with Crippen LogP contribution in [0.4, 0.5) is 0 Å². The van der Waals surface area contributed by atoms with Gasteiger partial charge >= 0.3 is 46.2 Å². The van der Waals surface area contributed by atoms with E-state index in [1.54, 1.807) is 7.11 Å². The van der Waals surface area contributed by atoms with Gasteiger partial charge in [-0.2, -0.15) is 0 Å². The summed E-state index contributed by atoms with van der Waals surface area (Å²) in [6.45, 7) is 1.48. The standard InChI is InChI=1S/C3H7O2.Al.Na.3H/c1-5-3-2-4;;;;;/h2-3H2,1H3;;;;;/q-1;+1;;;;. The molecule has 0 atom stereocenters. The van der Waals surface area contributed by atoms with Gasteiger partial charge in [-0.3, -0.25) is 0 Å². The van der Waals surface area contributed by atoms with Crippen molar-refractivity contribution in [3.63, 3.8) is 0 Å². The van der Waals surface area contributed by atoms with Crippen LogP contribution in [0, 0.1) is 0 Å². The first-order chi connectivity index (χ1) is 2.91. The van der Waals surface area contributed by atoms with Gasteiger partial charge in [0.15, 0.2) is 0 Å². The van der Waals surface area contributed by atoms with Gasteiger partial charge in [0.05, 0.1) is 6.61 Å². The van der Waals surface area contributed by atoms with E-state index in [1.807, 2.05) is 0 Å². The third kappa shape index (κ3) is 11.2. The van der Waals surface area contributed by atoms with Gasteiger partial charge < -0.3 is 8.53 Å². The summed E-state index contributed by atoms with van der Waals surface area (Å²) in [6, 6.07) is 0. The fraction of sp³-hybridized carbons (Fsp3) is 1.00. The average molecular weight is 128 g/mol. The van der Waals surface area contributed by atoms with E-state index in [4.69, 9.17) is 3.79 Å². The molecule has 0 saturated carbocycles. The second kappa shape index (κ2) is 10.4. The Balaban J connectivity index is 0. The van der Waals surface area contributed by atoms with Crippen molar-refractivity contribution in [1.82, 2.24) is 0 Å². The Morgan fingerprint density at radius 1 is 1.43 bits per heavy atom. The van der Waals surface area contributed by atoms with Crippen LogP contribution < -0.4 is 0 Å². The molecular weight excluding hydrogens is 118 g/mol. The monoisotopic (exact) mass is 128 g/mol. The molecule has 4 heteroatoms. The topological polar surface area (TPSA) is 18.5 Å². The fourth-order valence-corrected chi connectivity index (χ4v) is 0.333. The summed E-state index contributed by atoms with van der Waals surface area (Å²) < 4.78 is 9.48. The Morgan fingerprint density at radius 2 is 2.00 bits per heavy atom. The summed E-state index contributed by atoms with van der Waals surface area (Å²) in [4.78, 5) is 0. The summed E-state index contributed by atoms with van der Waals surface area (Å²) in [5, 5.41) is 0. The number of hydrogen-bond donors (Lipinski definition) is 0. The molecule has 0 aromatic heterocycles. The zero-order chi connectivity index (χ0) is 4.83. The molecule has 0 spiro atoms. The molecule has 0 N–H and O–H groups in total. The molecule has 0 aliphatic heterocycles. The van der Waals surface area contributed by atoms with Gasteiger partial charge in [0.25, 0.3) is 0 Å². The van der Waals surface area contributed by atoms with Crippen LogP contribution in [0.1, 0.15) is 0 Å². The molecule has 0 bridgehead atoms. The number of methoxy groups -OCH3 is 1. The first kappa shape index (κ1) is 11.3. The van der Waals surface area contributed by atoms with Gasteiger partial charge in [-0.15, -0.1) is 0 Å². The Morgan fingerprint density at radius 3 is 2.14 bits per heavy atom. The van der Waals surface area contributed by atoms with Crippen LogP contribution in [-0.2, 0) is 8.53 Å². The molecule has 0 aromatic carbocycles. The van der Waals surface area contributed by atoms with Gasteiger partial charge in [0, 0.05) is 13.7 Å². The minimum absolute atomic E-state index is 0. The molecule has 0 rings (SSSR count). The molecule has 0 amide bonds. The quantitative estimate of drug-likeness (QED) is 0.342. The first-order valence-electron chi connectivity index (χ1n) is 1.89. The normalized spacial score (nSPS) is 7.57. The molecule has 38 valence electrons. The van der Waals surface area contributed by atoms with Gasteiger partial charge in [-0.05, 0) is 0 Å². The second-order valence-corrected chi connectivity index (χ2v) is 1.56. The Hall–Kier alpha value is 1.45. The van der Waals surface area contributed by atoms with Crippen molar-refractivity contribution in [2.24, 2.45) is 0 Å². The fourth-order valence-electron chi connectivity index (χ4n) is 0.167. The summed E-state index contributed by atoms with van der Waals surface area (Å²) in [6.07, 6.45) is 0. The maximum absolute atomic E-state index is 4.80. The molecule has 0 radical (unpaired) electrons. The van der Waals surface area contributed by atoms with Crippen LogP contribution in [0.2, 0.25) is 0 Å².